The molecule has 1 N–H and O–H groups in total. The standard InChI is InChI=1S/C17H21N3O2S/c1-12-7-13-3-2-4-16(17(13)19-8-12)23(21,22)20-6-5-14-9-18-10-15(14)11-20/h2-4,7-8,14-15,18H,5-6,9-11H2,1H3. The minimum atomic E-state index is -3.50. The van der Waals surface area contributed by atoms with Crippen LogP contribution in [0.3, 0.4) is 0 Å². The van der Waals surface area contributed by atoms with E-state index in [2.05, 4.69) is 10.3 Å². The molecule has 0 bridgehead atoms. The lowest BCUT2D eigenvalue weighted by Gasteiger charge is -2.33. The van der Waals surface area contributed by atoms with Gasteiger partial charge in [0.15, 0.2) is 0 Å². The molecule has 2 aliphatic heterocycles. The lowest BCUT2D eigenvalue weighted by molar-refractivity contribution is 0.228. The number of hydrogen-bond donors (Lipinski definition) is 1. The van der Waals surface area contributed by atoms with E-state index in [1.54, 1.807) is 22.6 Å². The van der Waals surface area contributed by atoms with E-state index in [1.807, 2.05) is 19.1 Å². The van der Waals surface area contributed by atoms with E-state index in [0.29, 0.717) is 35.3 Å². The van der Waals surface area contributed by atoms with Gasteiger partial charge in [0.2, 0.25) is 10.0 Å². The molecule has 0 spiro atoms. The summed E-state index contributed by atoms with van der Waals surface area (Å²) in [6.45, 7) is 5.12. The number of hydrogen-bond acceptors (Lipinski definition) is 4. The molecule has 0 radical (unpaired) electrons. The van der Waals surface area contributed by atoms with Crippen LogP contribution in [0.5, 0.6) is 0 Å². The van der Waals surface area contributed by atoms with Crippen LogP contribution >= 0.6 is 0 Å². The molecule has 2 aliphatic rings. The number of rotatable bonds is 2. The van der Waals surface area contributed by atoms with E-state index >= 15 is 0 Å². The summed E-state index contributed by atoms with van der Waals surface area (Å²) in [5, 5.41) is 4.26. The summed E-state index contributed by atoms with van der Waals surface area (Å²) >= 11 is 0. The molecule has 1 aromatic heterocycles. The fraction of sp³-hybridized carbons (Fsp3) is 0.471. The van der Waals surface area contributed by atoms with Gasteiger partial charge in [-0.05, 0) is 56.0 Å². The van der Waals surface area contributed by atoms with Crippen LogP contribution in [-0.2, 0) is 10.0 Å². The van der Waals surface area contributed by atoms with E-state index in [4.69, 9.17) is 0 Å². The van der Waals surface area contributed by atoms with Gasteiger partial charge >= 0.3 is 0 Å². The first-order chi connectivity index (χ1) is 11.1. The monoisotopic (exact) mass is 331 g/mol. The predicted molar refractivity (Wildman–Crippen MR) is 89.7 cm³/mol. The van der Waals surface area contributed by atoms with Crippen molar-refractivity contribution in [2.75, 3.05) is 26.2 Å². The molecule has 5 nitrogen and oxygen atoms in total. The summed E-state index contributed by atoms with van der Waals surface area (Å²) < 4.78 is 27.9. The molecule has 23 heavy (non-hydrogen) atoms. The maximum atomic E-state index is 13.1. The number of nitrogens with one attached hydrogen (secondary N) is 1. The molecule has 2 atom stereocenters. The first-order valence-electron chi connectivity index (χ1n) is 8.12. The summed E-state index contributed by atoms with van der Waals surface area (Å²) in [6, 6.07) is 7.38. The molecule has 122 valence electrons. The fourth-order valence-electron chi connectivity index (χ4n) is 3.81. The molecular formula is C17H21N3O2S. The third-order valence-corrected chi connectivity index (χ3v) is 6.99. The van der Waals surface area contributed by atoms with E-state index in [1.165, 1.54) is 0 Å². The Morgan fingerprint density at radius 1 is 1.26 bits per heavy atom. The van der Waals surface area contributed by atoms with Gasteiger partial charge < -0.3 is 5.32 Å². The van der Waals surface area contributed by atoms with E-state index in [0.717, 1.165) is 30.5 Å². The van der Waals surface area contributed by atoms with E-state index in [9.17, 15) is 8.42 Å². The van der Waals surface area contributed by atoms with E-state index in [-0.39, 0.29) is 0 Å². The Morgan fingerprint density at radius 2 is 2.09 bits per heavy atom. The fourth-order valence-corrected chi connectivity index (χ4v) is 5.49. The second kappa shape index (κ2) is 5.54. The van der Waals surface area contributed by atoms with Crippen molar-refractivity contribution in [2.24, 2.45) is 11.8 Å². The van der Waals surface area contributed by atoms with Gasteiger partial charge in [-0.15, -0.1) is 0 Å². The van der Waals surface area contributed by atoms with Crippen LogP contribution < -0.4 is 5.32 Å². The van der Waals surface area contributed by atoms with Crippen LogP contribution in [0, 0.1) is 18.8 Å². The maximum absolute atomic E-state index is 13.1. The number of para-hydroxylation sites is 1. The highest BCUT2D eigenvalue weighted by molar-refractivity contribution is 7.89. The average Bonchev–Trinajstić information content (AvgIpc) is 3.01. The van der Waals surface area contributed by atoms with E-state index < -0.39 is 10.0 Å². The average molecular weight is 331 g/mol. The number of aryl methyl sites for hydroxylation is 1. The molecule has 6 heteroatoms. The van der Waals surface area contributed by atoms with Crippen molar-refractivity contribution in [3.8, 4) is 0 Å². The number of pyridine rings is 1. The van der Waals surface area contributed by atoms with Crippen molar-refractivity contribution < 1.29 is 8.42 Å². The normalized spacial score (nSPS) is 25.6. The number of piperidine rings is 1. The van der Waals surface area contributed by atoms with Gasteiger partial charge in [0, 0.05) is 24.7 Å². The first kappa shape index (κ1) is 15.1. The van der Waals surface area contributed by atoms with Crippen LogP contribution in [0.4, 0.5) is 0 Å². The predicted octanol–water partition coefficient (Wildman–Crippen LogP) is 1.77. The summed E-state index contributed by atoms with van der Waals surface area (Å²) in [7, 11) is -3.50. The van der Waals surface area contributed by atoms with Gasteiger partial charge in [-0.25, -0.2) is 8.42 Å². The quantitative estimate of drug-likeness (QED) is 0.911. The van der Waals surface area contributed by atoms with Crippen LogP contribution in [-0.4, -0.2) is 43.9 Å². The number of benzene rings is 1. The molecule has 3 heterocycles. The lowest BCUT2D eigenvalue weighted by Crippen LogP contribution is -2.43. The van der Waals surface area contributed by atoms with Crippen molar-refractivity contribution >= 4 is 20.9 Å². The smallest absolute Gasteiger partial charge is 0.245 e. The third-order valence-electron chi connectivity index (χ3n) is 5.10. The third kappa shape index (κ3) is 2.55. The Labute approximate surface area is 136 Å². The molecule has 2 aromatic rings. The Morgan fingerprint density at radius 3 is 2.96 bits per heavy atom. The SMILES string of the molecule is Cc1cnc2c(S(=O)(=O)N3CCC4CNCC4C3)cccc2c1. The second-order valence-corrected chi connectivity index (χ2v) is 8.58. The number of sulfonamides is 1. The molecule has 2 saturated heterocycles. The highest BCUT2D eigenvalue weighted by Crippen LogP contribution is 2.32. The minimum absolute atomic E-state index is 0.333. The molecule has 0 amide bonds. The Kier molecular flexibility index (Phi) is 3.63. The molecule has 2 fully saturated rings. The largest absolute Gasteiger partial charge is 0.316 e. The van der Waals surface area contributed by atoms with Crippen LogP contribution in [0.15, 0.2) is 35.4 Å². The van der Waals surface area contributed by atoms with Gasteiger partial charge in [-0.3, -0.25) is 4.98 Å². The molecule has 2 unspecified atom stereocenters. The number of aromatic nitrogens is 1. The van der Waals surface area contributed by atoms with Crippen LogP contribution in [0.1, 0.15) is 12.0 Å². The van der Waals surface area contributed by atoms with Crippen molar-refractivity contribution in [1.82, 2.24) is 14.6 Å². The zero-order chi connectivity index (χ0) is 16.0. The van der Waals surface area contributed by atoms with Crippen LogP contribution in [0.2, 0.25) is 0 Å². The molecule has 0 saturated carbocycles. The summed E-state index contributed by atoms with van der Waals surface area (Å²) in [4.78, 5) is 4.72. The van der Waals surface area contributed by atoms with Crippen molar-refractivity contribution in [2.45, 2.75) is 18.2 Å². The minimum Gasteiger partial charge on any atom is -0.316 e. The zero-order valence-corrected chi connectivity index (χ0v) is 14.0. The van der Waals surface area contributed by atoms with Gasteiger partial charge in [-0.1, -0.05) is 12.1 Å². The van der Waals surface area contributed by atoms with Gasteiger partial charge in [0.05, 0.1) is 5.52 Å². The van der Waals surface area contributed by atoms with Crippen molar-refractivity contribution in [3.05, 3.63) is 36.0 Å². The molecular weight excluding hydrogens is 310 g/mol. The van der Waals surface area contributed by atoms with Gasteiger partial charge in [0.1, 0.15) is 4.90 Å². The summed E-state index contributed by atoms with van der Waals surface area (Å²) in [5.74, 6) is 1.05. The molecule has 1 aromatic carbocycles. The Bertz CT molecular complexity index is 850. The first-order valence-corrected chi connectivity index (χ1v) is 9.56. The highest BCUT2D eigenvalue weighted by atomic mass is 32.2. The zero-order valence-electron chi connectivity index (χ0n) is 13.2. The number of fused-ring (bicyclic) bond motifs is 2. The Hall–Kier alpha value is -1.50. The second-order valence-electron chi connectivity index (χ2n) is 6.67. The van der Waals surface area contributed by atoms with Crippen molar-refractivity contribution in [1.29, 1.82) is 0 Å². The maximum Gasteiger partial charge on any atom is 0.245 e. The summed E-state index contributed by atoms with van der Waals surface area (Å²) in [6.07, 6.45) is 2.67. The van der Waals surface area contributed by atoms with Crippen LogP contribution in [0.25, 0.3) is 10.9 Å². The highest BCUT2D eigenvalue weighted by Gasteiger charge is 2.38. The Balaban J connectivity index is 1.74. The molecule has 4 rings (SSSR count). The van der Waals surface area contributed by atoms with Gasteiger partial charge in [0.25, 0.3) is 0 Å². The lowest BCUT2D eigenvalue weighted by atomic mass is 9.90. The summed E-state index contributed by atoms with van der Waals surface area (Å²) in [5.41, 5.74) is 1.61. The topological polar surface area (TPSA) is 62.3 Å². The number of nitrogens with zero attached hydrogens (tertiary/aromatic N) is 2. The molecule has 0 aliphatic carbocycles. The van der Waals surface area contributed by atoms with Crippen molar-refractivity contribution in [3.63, 3.8) is 0 Å². The van der Waals surface area contributed by atoms with Gasteiger partial charge in [-0.2, -0.15) is 4.31 Å².